The van der Waals surface area contributed by atoms with Gasteiger partial charge in [-0.3, -0.25) is 4.79 Å². The van der Waals surface area contributed by atoms with Crippen LogP contribution in [0.2, 0.25) is 0 Å². The van der Waals surface area contributed by atoms with Crippen molar-refractivity contribution in [3.05, 3.63) is 36.0 Å². The van der Waals surface area contributed by atoms with Crippen molar-refractivity contribution in [2.45, 2.75) is 32.8 Å². The van der Waals surface area contributed by atoms with Crippen LogP contribution >= 0.6 is 0 Å². The number of nitrogens with zero attached hydrogens (tertiary/aromatic N) is 1. The van der Waals surface area contributed by atoms with E-state index < -0.39 is 11.6 Å². The zero-order valence-electron chi connectivity index (χ0n) is 12.8. The lowest BCUT2D eigenvalue weighted by molar-refractivity contribution is -0.156. The molecule has 0 saturated carbocycles. The van der Waals surface area contributed by atoms with Gasteiger partial charge in [0.1, 0.15) is 12.2 Å². The standard InChI is InChI=1S/C16H19NO5/c1-16(2,3)22-14(18)8-9-21-17-12-7-5-4-6-11(12)10-13(17)15(19)20/h4-7,10H,8-9H2,1-3H3,(H,19,20). The van der Waals surface area contributed by atoms with E-state index in [0.29, 0.717) is 5.52 Å². The van der Waals surface area contributed by atoms with E-state index in [1.54, 1.807) is 39.0 Å². The minimum Gasteiger partial charge on any atom is -0.476 e. The molecule has 6 nitrogen and oxygen atoms in total. The third kappa shape index (κ3) is 3.78. The molecule has 2 aromatic rings. The molecule has 0 radical (unpaired) electrons. The van der Waals surface area contributed by atoms with Gasteiger partial charge in [-0.1, -0.05) is 18.2 Å². The lowest BCUT2D eigenvalue weighted by Gasteiger charge is -2.19. The van der Waals surface area contributed by atoms with Gasteiger partial charge in [-0.05, 0) is 32.9 Å². The predicted molar refractivity (Wildman–Crippen MR) is 80.8 cm³/mol. The number of hydrogen-bond acceptors (Lipinski definition) is 4. The van der Waals surface area contributed by atoms with Crippen molar-refractivity contribution < 1.29 is 24.3 Å². The number of benzene rings is 1. The maximum atomic E-state index is 11.6. The number of hydrogen-bond donors (Lipinski definition) is 1. The van der Waals surface area contributed by atoms with Gasteiger partial charge in [-0.15, -0.1) is 0 Å². The van der Waals surface area contributed by atoms with E-state index in [2.05, 4.69) is 0 Å². The Kier molecular flexibility index (Phi) is 4.40. The summed E-state index contributed by atoms with van der Waals surface area (Å²) in [7, 11) is 0. The lowest BCUT2D eigenvalue weighted by atomic mass is 10.2. The van der Waals surface area contributed by atoms with Crippen LogP contribution in [-0.4, -0.2) is 34.0 Å². The van der Waals surface area contributed by atoms with Gasteiger partial charge < -0.3 is 14.7 Å². The number of aromatic carboxylic acids is 1. The fourth-order valence-corrected chi connectivity index (χ4v) is 2.03. The summed E-state index contributed by atoms with van der Waals surface area (Å²) in [5, 5.41) is 10.00. The number of carboxylic acids is 1. The first-order valence-corrected chi connectivity index (χ1v) is 6.97. The fraction of sp³-hybridized carbons (Fsp3) is 0.375. The molecule has 2 rings (SSSR count). The second kappa shape index (κ2) is 6.09. The number of carbonyl (C=O) groups is 2. The Morgan fingerprint density at radius 1 is 1.23 bits per heavy atom. The minimum absolute atomic E-state index is 0.0189. The van der Waals surface area contributed by atoms with E-state index in [1.807, 2.05) is 6.07 Å². The van der Waals surface area contributed by atoms with Gasteiger partial charge in [0.2, 0.25) is 0 Å². The van der Waals surface area contributed by atoms with E-state index in [1.165, 1.54) is 10.8 Å². The second-order valence-electron chi connectivity index (χ2n) is 5.86. The van der Waals surface area contributed by atoms with Crippen LogP contribution < -0.4 is 4.84 Å². The molecule has 1 N–H and O–H groups in total. The molecule has 0 aliphatic heterocycles. The van der Waals surface area contributed by atoms with Crippen LogP contribution in [0.3, 0.4) is 0 Å². The summed E-state index contributed by atoms with van der Waals surface area (Å²) in [6.07, 6.45) is 0.0445. The van der Waals surface area contributed by atoms with Crippen LogP contribution in [0.25, 0.3) is 10.9 Å². The smallest absolute Gasteiger partial charge is 0.356 e. The summed E-state index contributed by atoms with van der Waals surface area (Å²) in [4.78, 5) is 28.4. The SMILES string of the molecule is CC(C)(C)OC(=O)CCOn1c(C(=O)O)cc2ccccc21. The van der Waals surface area contributed by atoms with Crippen LogP contribution in [0.5, 0.6) is 0 Å². The van der Waals surface area contributed by atoms with Crippen molar-refractivity contribution in [3.63, 3.8) is 0 Å². The number of para-hydroxylation sites is 1. The molecule has 22 heavy (non-hydrogen) atoms. The van der Waals surface area contributed by atoms with Crippen LogP contribution in [0.15, 0.2) is 30.3 Å². The molecule has 0 bridgehead atoms. The third-order valence-electron chi connectivity index (χ3n) is 2.83. The van der Waals surface area contributed by atoms with Crippen LogP contribution in [0.4, 0.5) is 0 Å². The summed E-state index contributed by atoms with van der Waals surface area (Å²) in [5.74, 6) is -1.48. The Morgan fingerprint density at radius 2 is 1.91 bits per heavy atom. The molecular formula is C16H19NO5. The van der Waals surface area contributed by atoms with Gasteiger partial charge in [0.05, 0.1) is 11.9 Å². The highest BCUT2D eigenvalue weighted by atomic mass is 16.7. The molecule has 0 saturated heterocycles. The molecule has 0 unspecified atom stereocenters. The van der Waals surface area contributed by atoms with Crippen LogP contribution in [0, 0.1) is 0 Å². The zero-order valence-corrected chi connectivity index (χ0v) is 12.8. The maximum absolute atomic E-state index is 11.6. The largest absolute Gasteiger partial charge is 0.476 e. The summed E-state index contributed by atoms with van der Waals surface area (Å²) in [6.45, 7) is 5.39. The van der Waals surface area contributed by atoms with Gasteiger partial charge in [0.15, 0.2) is 5.69 Å². The molecule has 118 valence electrons. The van der Waals surface area contributed by atoms with Crippen molar-refractivity contribution in [2.75, 3.05) is 6.61 Å². The van der Waals surface area contributed by atoms with Crippen molar-refractivity contribution in [1.82, 2.24) is 4.73 Å². The molecule has 0 spiro atoms. The minimum atomic E-state index is -1.09. The Morgan fingerprint density at radius 3 is 2.55 bits per heavy atom. The molecule has 0 atom stereocenters. The number of rotatable bonds is 5. The van der Waals surface area contributed by atoms with Crippen LogP contribution in [0.1, 0.15) is 37.7 Å². The normalized spacial score (nSPS) is 11.4. The fourth-order valence-electron chi connectivity index (χ4n) is 2.03. The molecule has 0 fully saturated rings. The molecule has 1 aromatic carbocycles. The molecule has 0 amide bonds. The number of carboxylic acid groups (broad SMARTS) is 1. The van der Waals surface area contributed by atoms with Crippen molar-refractivity contribution in [2.24, 2.45) is 0 Å². The van der Waals surface area contributed by atoms with Gasteiger partial charge in [0, 0.05) is 5.39 Å². The van der Waals surface area contributed by atoms with Gasteiger partial charge in [-0.2, -0.15) is 4.73 Å². The van der Waals surface area contributed by atoms with E-state index in [9.17, 15) is 14.7 Å². The topological polar surface area (TPSA) is 77.8 Å². The number of ether oxygens (including phenoxy) is 1. The first-order chi connectivity index (χ1) is 10.3. The number of aromatic nitrogens is 1. The maximum Gasteiger partial charge on any atom is 0.356 e. The van der Waals surface area contributed by atoms with Crippen molar-refractivity contribution in [3.8, 4) is 0 Å². The monoisotopic (exact) mass is 305 g/mol. The van der Waals surface area contributed by atoms with Crippen molar-refractivity contribution in [1.29, 1.82) is 0 Å². The average molecular weight is 305 g/mol. The van der Waals surface area contributed by atoms with E-state index >= 15 is 0 Å². The molecular weight excluding hydrogens is 286 g/mol. The summed E-state index contributed by atoms with van der Waals surface area (Å²) in [5.41, 5.74) is 0.109. The van der Waals surface area contributed by atoms with E-state index in [4.69, 9.17) is 9.57 Å². The van der Waals surface area contributed by atoms with Gasteiger partial charge in [-0.25, -0.2) is 4.79 Å². The van der Waals surface area contributed by atoms with Gasteiger partial charge in [0.25, 0.3) is 0 Å². The first-order valence-electron chi connectivity index (χ1n) is 6.97. The number of fused-ring (bicyclic) bond motifs is 1. The summed E-state index contributed by atoms with van der Waals surface area (Å²) < 4.78 is 6.42. The number of esters is 1. The molecule has 6 heteroatoms. The van der Waals surface area contributed by atoms with Crippen LogP contribution in [-0.2, 0) is 9.53 Å². The second-order valence-corrected chi connectivity index (χ2v) is 5.86. The quantitative estimate of drug-likeness (QED) is 0.859. The molecule has 1 heterocycles. The predicted octanol–water partition coefficient (Wildman–Crippen LogP) is 2.50. The van der Waals surface area contributed by atoms with Gasteiger partial charge >= 0.3 is 11.9 Å². The molecule has 0 aliphatic carbocycles. The Labute approximate surface area is 128 Å². The molecule has 1 aromatic heterocycles. The van der Waals surface area contributed by atoms with E-state index in [-0.39, 0.29) is 24.7 Å². The van der Waals surface area contributed by atoms with Crippen molar-refractivity contribution >= 4 is 22.8 Å². The Balaban J connectivity index is 2.09. The summed E-state index contributed by atoms with van der Waals surface area (Å²) in [6, 6.07) is 8.70. The third-order valence-corrected chi connectivity index (χ3v) is 2.83. The lowest BCUT2D eigenvalue weighted by Crippen LogP contribution is -2.26. The Bertz CT molecular complexity index is 696. The van der Waals surface area contributed by atoms with E-state index in [0.717, 1.165) is 5.39 Å². The average Bonchev–Trinajstić information content (AvgIpc) is 2.76. The first kappa shape index (κ1) is 15.9. The highest BCUT2D eigenvalue weighted by Gasteiger charge is 2.18. The zero-order chi connectivity index (χ0) is 16.3. The molecule has 0 aliphatic rings. The highest BCUT2D eigenvalue weighted by Crippen LogP contribution is 2.18. The summed E-state index contributed by atoms with van der Waals surface area (Å²) >= 11 is 0. The highest BCUT2D eigenvalue weighted by molar-refractivity contribution is 5.94. The number of carbonyl (C=O) groups excluding carboxylic acids is 1. The Hall–Kier alpha value is -2.50.